The fraction of sp³-hybridized carbons (Fsp3) is 0.222. The lowest BCUT2D eigenvalue weighted by Gasteiger charge is -2.17. The molecule has 0 bridgehead atoms. The molecular formula is C18H19ClN2O2S. The van der Waals surface area contributed by atoms with Crippen LogP contribution >= 0.6 is 23.4 Å². The maximum atomic E-state index is 11.7. The highest BCUT2D eigenvalue weighted by Gasteiger charge is 2.15. The largest absolute Gasteiger partial charge is 0.341 e. The Morgan fingerprint density at radius 3 is 2.29 bits per heavy atom. The van der Waals surface area contributed by atoms with Crippen molar-refractivity contribution < 1.29 is 9.59 Å². The number of imide groups is 1. The summed E-state index contributed by atoms with van der Waals surface area (Å²) in [6.45, 7) is 0. The van der Waals surface area contributed by atoms with Crippen molar-refractivity contribution in [2.24, 2.45) is 0 Å². The lowest BCUT2D eigenvalue weighted by atomic mass is 10.0. The molecule has 4 nitrogen and oxygen atoms in total. The smallest absolute Gasteiger partial charge is 0.321 e. The second-order valence-corrected chi connectivity index (χ2v) is 6.74. The number of urea groups is 1. The molecule has 3 amide bonds. The predicted molar refractivity (Wildman–Crippen MR) is 99.4 cm³/mol. The number of benzene rings is 2. The molecular weight excluding hydrogens is 344 g/mol. The van der Waals surface area contributed by atoms with E-state index in [1.54, 1.807) is 11.8 Å². The zero-order valence-electron chi connectivity index (χ0n) is 13.3. The van der Waals surface area contributed by atoms with Crippen LogP contribution in [-0.4, -0.2) is 24.7 Å². The van der Waals surface area contributed by atoms with E-state index in [0.717, 1.165) is 11.1 Å². The van der Waals surface area contributed by atoms with Crippen LogP contribution in [0.3, 0.4) is 0 Å². The third kappa shape index (κ3) is 5.58. The highest BCUT2D eigenvalue weighted by Crippen LogP contribution is 2.36. The molecule has 2 aromatic rings. The van der Waals surface area contributed by atoms with Crippen molar-refractivity contribution in [3.63, 3.8) is 0 Å². The number of nitrogens with one attached hydrogen (secondary N) is 2. The van der Waals surface area contributed by atoms with Gasteiger partial charge in [-0.3, -0.25) is 10.1 Å². The Bertz CT molecular complexity index is 677. The summed E-state index contributed by atoms with van der Waals surface area (Å²) in [5.74, 6) is 0.315. The Morgan fingerprint density at radius 1 is 1.04 bits per heavy atom. The van der Waals surface area contributed by atoms with Crippen molar-refractivity contribution >= 4 is 35.3 Å². The van der Waals surface area contributed by atoms with Crippen LogP contribution in [0, 0.1) is 0 Å². The first-order valence-electron chi connectivity index (χ1n) is 7.53. The number of halogens is 1. The van der Waals surface area contributed by atoms with E-state index in [1.807, 2.05) is 42.5 Å². The van der Waals surface area contributed by atoms with Crippen molar-refractivity contribution in [3.05, 3.63) is 70.7 Å². The molecule has 0 unspecified atom stereocenters. The number of hydrogen-bond donors (Lipinski definition) is 2. The summed E-state index contributed by atoms with van der Waals surface area (Å²) in [7, 11) is 1.48. The molecule has 2 aromatic carbocycles. The monoisotopic (exact) mass is 362 g/mol. The average molecular weight is 363 g/mol. The Kier molecular flexibility index (Phi) is 7.15. The van der Waals surface area contributed by atoms with Gasteiger partial charge in [-0.1, -0.05) is 54.1 Å². The van der Waals surface area contributed by atoms with Gasteiger partial charge >= 0.3 is 6.03 Å². The van der Waals surface area contributed by atoms with Gasteiger partial charge in [-0.2, -0.15) is 0 Å². The quantitative estimate of drug-likeness (QED) is 0.816. The summed E-state index contributed by atoms with van der Waals surface area (Å²) < 4.78 is 0. The summed E-state index contributed by atoms with van der Waals surface area (Å²) >= 11 is 7.63. The maximum absolute atomic E-state index is 11.7. The fourth-order valence-corrected chi connectivity index (χ4v) is 3.54. The van der Waals surface area contributed by atoms with E-state index in [0.29, 0.717) is 10.8 Å². The number of carbonyl (C=O) groups excluding carboxylic acids is 2. The molecule has 6 heteroatoms. The molecule has 126 valence electrons. The molecule has 0 aliphatic carbocycles. The molecule has 24 heavy (non-hydrogen) atoms. The van der Waals surface area contributed by atoms with E-state index in [9.17, 15) is 9.59 Å². The molecule has 0 saturated heterocycles. The van der Waals surface area contributed by atoms with Crippen LogP contribution in [0.4, 0.5) is 4.79 Å². The van der Waals surface area contributed by atoms with E-state index in [2.05, 4.69) is 22.8 Å². The predicted octanol–water partition coefficient (Wildman–Crippen LogP) is 4.01. The zero-order chi connectivity index (χ0) is 17.4. The van der Waals surface area contributed by atoms with Crippen molar-refractivity contribution in [1.29, 1.82) is 0 Å². The minimum atomic E-state index is -0.484. The average Bonchev–Trinajstić information content (AvgIpc) is 2.60. The highest BCUT2D eigenvalue weighted by molar-refractivity contribution is 7.99. The Morgan fingerprint density at radius 2 is 1.67 bits per heavy atom. The number of rotatable bonds is 6. The van der Waals surface area contributed by atoms with Gasteiger partial charge < -0.3 is 5.32 Å². The fourth-order valence-electron chi connectivity index (χ4n) is 2.17. The summed E-state index contributed by atoms with van der Waals surface area (Å²) in [6.07, 6.45) is 0.273. The molecule has 0 aromatic heterocycles. The molecule has 0 aliphatic heterocycles. The van der Waals surface area contributed by atoms with Crippen LogP contribution in [0.15, 0.2) is 54.6 Å². The lowest BCUT2D eigenvalue weighted by Crippen LogP contribution is -2.37. The van der Waals surface area contributed by atoms with Crippen molar-refractivity contribution in [2.45, 2.75) is 11.7 Å². The SMILES string of the molecule is CNC(=O)NC(=O)CCS[C@H](c1ccccc1)c1ccc(Cl)cc1. The first-order valence-corrected chi connectivity index (χ1v) is 8.96. The minimum Gasteiger partial charge on any atom is -0.341 e. The molecule has 0 saturated carbocycles. The lowest BCUT2D eigenvalue weighted by molar-refractivity contribution is -0.119. The maximum Gasteiger partial charge on any atom is 0.321 e. The molecule has 0 aliphatic rings. The van der Waals surface area contributed by atoms with Crippen LogP contribution in [0.25, 0.3) is 0 Å². The highest BCUT2D eigenvalue weighted by atomic mass is 35.5. The number of hydrogen-bond acceptors (Lipinski definition) is 3. The van der Waals surface area contributed by atoms with E-state index in [4.69, 9.17) is 11.6 Å². The van der Waals surface area contributed by atoms with Gasteiger partial charge in [-0.25, -0.2) is 4.79 Å². The summed E-state index contributed by atoms with van der Waals surface area (Å²) in [5.41, 5.74) is 2.29. The third-order valence-corrected chi connectivity index (χ3v) is 4.94. The molecule has 2 N–H and O–H groups in total. The molecule has 0 heterocycles. The Hall–Kier alpha value is -1.98. The molecule has 2 rings (SSSR count). The van der Waals surface area contributed by atoms with Gasteiger partial charge in [0.05, 0.1) is 5.25 Å². The van der Waals surface area contributed by atoms with Crippen LogP contribution in [-0.2, 0) is 4.79 Å². The molecule has 0 radical (unpaired) electrons. The first kappa shape index (κ1) is 18.4. The molecule has 0 fully saturated rings. The summed E-state index contributed by atoms with van der Waals surface area (Å²) in [6, 6.07) is 17.3. The van der Waals surface area contributed by atoms with Crippen molar-refractivity contribution in [3.8, 4) is 0 Å². The Balaban J connectivity index is 2.03. The van der Waals surface area contributed by atoms with Crippen molar-refractivity contribution in [1.82, 2.24) is 10.6 Å². The van der Waals surface area contributed by atoms with Gasteiger partial charge in [0.1, 0.15) is 0 Å². The van der Waals surface area contributed by atoms with Gasteiger partial charge in [-0.05, 0) is 23.3 Å². The third-order valence-electron chi connectivity index (χ3n) is 3.37. The Labute approximate surface area is 151 Å². The van der Waals surface area contributed by atoms with E-state index >= 15 is 0 Å². The van der Waals surface area contributed by atoms with Crippen LogP contribution in [0.1, 0.15) is 22.8 Å². The van der Waals surface area contributed by atoms with Crippen LogP contribution < -0.4 is 10.6 Å². The zero-order valence-corrected chi connectivity index (χ0v) is 14.9. The van der Waals surface area contributed by atoms with Crippen LogP contribution in [0.2, 0.25) is 5.02 Å². The van der Waals surface area contributed by atoms with E-state index < -0.39 is 6.03 Å². The van der Waals surface area contributed by atoms with E-state index in [1.165, 1.54) is 7.05 Å². The van der Waals surface area contributed by atoms with Gasteiger partial charge in [-0.15, -0.1) is 11.8 Å². The van der Waals surface area contributed by atoms with Gasteiger partial charge in [0, 0.05) is 24.2 Å². The molecule has 0 spiro atoms. The number of thioether (sulfide) groups is 1. The van der Waals surface area contributed by atoms with Crippen molar-refractivity contribution in [2.75, 3.05) is 12.8 Å². The van der Waals surface area contributed by atoms with Gasteiger partial charge in [0.15, 0.2) is 0 Å². The number of carbonyl (C=O) groups is 2. The second kappa shape index (κ2) is 9.35. The first-order chi connectivity index (χ1) is 11.6. The number of amides is 3. The van der Waals surface area contributed by atoms with Crippen LogP contribution in [0.5, 0.6) is 0 Å². The van der Waals surface area contributed by atoms with Gasteiger partial charge in [0.2, 0.25) is 5.91 Å². The minimum absolute atomic E-state index is 0.108. The normalized spacial score (nSPS) is 11.6. The standard InChI is InChI=1S/C18H19ClN2O2S/c1-20-18(23)21-16(22)11-12-24-17(13-5-3-2-4-6-13)14-7-9-15(19)10-8-14/h2-10,17H,11-12H2,1H3,(H2,20,21,22,23)/t17-/m1/s1. The summed E-state index contributed by atoms with van der Waals surface area (Å²) in [5, 5.41) is 5.44. The van der Waals surface area contributed by atoms with Gasteiger partial charge in [0.25, 0.3) is 0 Å². The van der Waals surface area contributed by atoms with E-state index in [-0.39, 0.29) is 17.6 Å². The summed E-state index contributed by atoms with van der Waals surface area (Å²) in [4.78, 5) is 22.8. The topological polar surface area (TPSA) is 58.2 Å². The second-order valence-electron chi connectivity index (χ2n) is 5.09. The molecule has 1 atom stereocenters.